The monoisotopic (exact) mass is 330 g/mol. The fraction of sp³-hybridized carbons (Fsp3) is 0.300. The molecule has 6 nitrogen and oxygen atoms in total. The van der Waals surface area contributed by atoms with Gasteiger partial charge in [0.1, 0.15) is 5.82 Å². The van der Waals surface area contributed by atoms with Crippen LogP contribution in [0.25, 0.3) is 0 Å². The lowest BCUT2D eigenvalue weighted by atomic mass is 10.2. The fourth-order valence-corrected chi connectivity index (χ4v) is 2.08. The van der Waals surface area contributed by atoms with Crippen molar-refractivity contribution < 1.29 is 35.5 Å². The third-order valence-corrected chi connectivity index (χ3v) is 3.36. The van der Waals surface area contributed by atoms with E-state index in [1.54, 1.807) is 5.43 Å². The van der Waals surface area contributed by atoms with Crippen molar-refractivity contribution in [1.29, 1.82) is 0 Å². The number of hydrogen-bond acceptors (Lipinski definition) is 4. The number of nitrogens with one attached hydrogen (secondary N) is 2. The van der Waals surface area contributed by atoms with Gasteiger partial charge < -0.3 is 4.74 Å². The van der Waals surface area contributed by atoms with Crippen LogP contribution in [0.15, 0.2) is 23.1 Å². The van der Waals surface area contributed by atoms with Crippen LogP contribution in [0.3, 0.4) is 0 Å². The SMILES string of the molecule is CCOC(=O)NNS(=O)(=O)c1ccc(F)c(C(F)(F)F)c1. The summed E-state index contributed by atoms with van der Waals surface area (Å²) in [6, 6.07) is 1.10. The minimum absolute atomic E-state index is 0.0394. The van der Waals surface area contributed by atoms with Gasteiger partial charge in [0.2, 0.25) is 0 Å². The number of rotatable bonds is 4. The number of halogens is 4. The smallest absolute Gasteiger partial charge is 0.422 e. The molecule has 118 valence electrons. The van der Waals surface area contributed by atoms with Crippen molar-refractivity contribution in [2.24, 2.45) is 0 Å². The van der Waals surface area contributed by atoms with Crippen molar-refractivity contribution in [2.75, 3.05) is 6.61 Å². The number of benzene rings is 1. The van der Waals surface area contributed by atoms with E-state index in [-0.39, 0.29) is 12.7 Å². The number of hydrogen-bond donors (Lipinski definition) is 2. The third kappa shape index (κ3) is 4.56. The Hall–Kier alpha value is -1.88. The number of alkyl halides is 3. The van der Waals surface area contributed by atoms with Gasteiger partial charge in [0.05, 0.1) is 17.1 Å². The van der Waals surface area contributed by atoms with Gasteiger partial charge in [-0.2, -0.15) is 13.2 Å². The summed E-state index contributed by atoms with van der Waals surface area (Å²) >= 11 is 0. The van der Waals surface area contributed by atoms with Crippen molar-refractivity contribution in [1.82, 2.24) is 10.3 Å². The van der Waals surface area contributed by atoms with E-state index in [0.29, 0.717) is 12.1 Å². The summed E-state index contributed by atoms with van der Waals surface area (Å²) in [5, 5.41) is 0. The molecule has 0 saturated carbocycles. The van der Waals surface area contributed by atoms with E-state index in [4.69, 9.17) is 0 Å². The molecule has 1 amide bonds. The van der Waals surface area contributed by atoms with E-state index in [1.165, 1.54) is 11.8 Å². The zero-order valence-corrected chi connectivity index (χ0v) is 11.3. The van der Waals surface area contributed by atoms with Gasteiger partial charge in [0, 0.05) is 0 Å². The molecule has 0 aliphatic rings. The predicted molar refractivity (Wildman–Crippen MR) is 61.9 cm³/mol. The zero-order chi connectivity index (χ0) is 16.3. The molecule has 0 aliphatic heterocycles. The molecule has 0 bridgehead atoms. The lowest BCUT2D eigenvalue weighted by Gasteiger charge is -2.11. The maximum absolute atomic E-state index is 13.0. The number of hydrazine groups is 1. The first-order valence-corrected chi connectivity index (χ1v) is 6.87. The predicted octanol–water partition coefficient (Wildman–Crippen LogP) is 1.78. The van der Waals surface area contributed by atoms with Crippen LogP contribution in [0.4, 0.5) is 22.4 Å². The van der Waals surface area contributed by atoms with Crippen LogP contribution in [-0.2, 0) is 20.9 Å². The fourth-order valence-electron chi connectivity index (χ4n) is 1.22. The second kappa shape index (κ2) is 6.26. The molecule has 0 fully saturated rings. The average Bonchev–Trinajstić information content (AvgIpc) is 2.36. The third-order valence-electron chi connectivity index (χ3n) is 2.12. The van der Waals surface area contributed by atoms with Crippen LogP contribution in [0.5, 0.6) is 0 Å². The minimum Gasteiger partial charge on any atom is -0.449 e. The summed E-state index contributed by atoms with van der Waals surface area (Å²) in [7, 11) is -4.50. The first-order chi connectivity index (χ1) is 9.58. The van der Waals surface area contributed by atoms with Gasteiger partial charge >= 0.3 is 12.3 Å². The highest BCUT2D eigenvalue weighted by molar-refractivity contribution is 7.89. The Morgan fingerprint density at radius 2 is 1.95 bits per heavy atom. The molecule has 0 aliphatic carbocycles. The molecular weight excluding hydrogens is 320 g/mol. The largest absolute Gasteiger partial charge is 0.449 e. The molecule has 1 aromatic rings. The summed E-state index contributed by atoms with van der Waals surface area (Å²) in [6.07, 6.45) is -6.19. The Bertz CT molecular complexity index is 630. The summed E-state index contributed by atoms with van der Waals surface area (Å²) in [5.74, 6) is -1.61. The molecule has 0 heterocycles. The maximum atomic E-state index is 13.0. The molecule has 0 aromatic heterocycles. The minimum atomic E-state index is -5.05. The summed E-state index contributed by atoms with van der Waals surface area (Å²) in [5.41, 5.74) is -0.114. The van der Waals surface area contributed by atoms with Crippen LogP contribution in [-0.4, -0.2) is 21.1 Å². The molecule has 1 aromatic carbocycles. The average molecular weight is 330 g/mol. The number of ether oxygens (including phenoxy) is 1. The summed E-state index contributed by atoms with van der Waals surface area (Å²) in [6.45, 7) is 1.42. The van der Waals surface area contributed by atoms with E-state index in [0.717, 1.165) is 0 Å². The van der Waals surface area contributed by atoms with Gasteiger partial charge in [-0.25, -0.2) is 23.0 Å². The molecule has 0 unspecified atom stereocenters. The van der Waals surface area contributed by atoms with Gasteiger partial charge in [-0.05, 0) is 25.1 Å². The van der Waals surface area contributed by atoms with Gasteiger partial charge in [0.15, 0.2) is 0 Å². The Morgan fingerprint density at radius 1 is 1.33 bits per heavy atom. The molecule has 1 rings (SSSR count). The van der Waals surface area contributed by atoms with Gasteiger partial charge in [-0.1, -0.05) is 0 Å². The van der Waals surface area contributed by atoms with Crippen molar-refractivity contribution in [2.45, 2.75) is 18.0 Å². The highest BCUT2D eigenvalue weighted by Crippen LogP contribution is 2.32. The second-order valence-corrected chi connectivity index (χ2v) is 5.27. The Morgan fingerprint density at radius 3 is 2.48 bits per heavy atom. The number of carbonyl (C=O) groups is 1. The second-order valence-electron chi connectivity index (χ2n) is 3.59. The van der Waals surface area contributed by atoms with Gasteiger partial charge in [0.25, 0.3) is 10.0 Å². The van der Waals surface area contributed by atoms with Crippen LogP contribution in [0, 0.1) is 5.82 Å². The number of carbonyl (C=O) groups excluding carboxylic acids is 1. The Balaban J connectivity index is 3.02. The number of amides is 1. The van der Waals surface area contributed by atoms with E-state index in [9.17, 15) is 30.8 Å². The number of sulfonamides is 1. The van der Waals surface area contributed by atoms with Crippen molar-refractivity contribution in [3.05, 3.63) is 29.6 Å². The van der Waals surface area contributed by atoms with Crippen LogP contribution in [0.1, 0.15) is 12.5 Å². The molecule has 0 saturated heterocycles. The van der Waals surface area contributed by atoms with Crippen LogP contribution >= 0.6 is 0 Å². The van der Waals surface area contributed by atoms with Crippen molar-refractivity contribution >= 4 is 16.1 Å². The standard InChI is InChI=1S/C10H10F4N2O4S/c1-2-20-9(17)15-16-21(18,19)6-3-4-8(11)7(5-6)10(12,13)14/h3-5,16H,2H2,1H3,(H,15,17). The Labute approximate surface area is 117 Å². The molecule has 0 spiro atoms. The van der Waals surface area contributed by atoms with Crippen LogP contribution in [0.2, 0.25) is 0 Å². The highest BCUT2D eigenvalue weighted by atomic mass is 32.2. The topological polar surface area (TPSA) is 84.5 Å². The molecular formula is C10H10F4N2O4S. The van der Waals surface area contributed by atoms with Crippen molar-refractivity contribution in [3.63, 3.8) is 0 Å². The maximum Gasteiger partial charge on any atom is 0.422 e. The molecule has 0 radical (unpaired) electrons. The summed E-state index contributed by atoms with van der Waals surface area (Å²) < 4.78 is 78.2. The molecule has 0 atom stereocenters. The first kappa shape index (κ1) is 17.2. The van der Waals surface area contributed by atoms with Crippen molar-refractivity contribution in [3.8, 4) is 0 Å². The first-order valence-electron chi connectivity index (χ1n) is 5.39. The molecule has 11 heteroatoms. The highest BCUT2D eigenvalue weighted by Gasteiger charge is 2.35. The van der Waals surface area contributed by atoms with E-state index < -0.39 is 38.6 Å². The van der Waals surface area contributed by atoms with E-state index >= 15 is 0 Å². The van der Waals surface area contributed by atoms with Crippen LogP contribution < -0.4 is 10.3 Å². The van der Waals surface area contributed by atoms with E-state index in [1.807, 2.05) is 0 Å². The molecule has 2 N–H and O–H groups in total. The van der Waals surface area contributed by atoms with Gasteiger partial charge in [-0.3, -0.25) is 0 Å². The lowest BCUT2D eigenvalue weighted by molar-refractivity contribution is -0.140. The van der Waals surface area contributed by atoms with Gasteiger partial charge in [-0.15, -0.1) is 4.83 Å². The van der Waals surface area contributed by atoms with E-state index in [2.05, 4.69) is 4.74 Å². The molecule has 21 heavy (non-hydrogen) atoms. The lowest BCUT2D eigenvalue weighted by Crippen LogP contribution is -2.41. The zero-order valence-electron chi connectivity index (χ0n) is 10.5. The summed E-state index contributed by atoms with van der Waals surface area (Å²) in [4.78, 5) is 11.5. The quantitative estimate of drug-likeness (QED) is 0.651. The Kier molecular flexibility index (Phi) is 5.12. The normalized spacial score (nSPS) is 12.0.